The van der Waals surface area contributed by atoms with E-state index in [1.54, 1.807) is 18.3 Å². The number of halogens is 1. The molecule has 3 aromatic rings. The Morgan fingerprint density at radius 2 is 1.90 bits per heavy atom. The van der Waals surface area contributed by atoms with Gasteiger partial charge >= 0.3 is 0 Å². The van der Waals surface area contributed by atoms with E-state index < -0.39 is 0 Å². The summed E-state index contributed by atoms with van der Waals surface area (Å²) in [6.45, 7) is 0. The summed E-state index contributed by atoms with van der Waals surface area (Å²) < 4.78 is 2.91. The Hall–Kier alpha value is -2.14. The van der Waals surface area contributed by atoms with Crippen LogP contribution in [0.2, 0.25) is 0 Å². The third-order valence-electron chi connectivity index (χ3n) is 3.49. The van der Waals surface area contributed by atoms with Crippen molar-refractivity contribution in [1.29, 1.82) is 0 Å². The molecule has 1 heterocycles. The Bertz CT molecular complexity index is 808. The minimum absolute atomic E-state index is 0.0437. The number of imidazole rings is 1. The van der Waals surface area contributed by atoms with Crippen LogP contribution in [0.4, 0.5) is 5.69 Å². The maximum atomic E-state index is 12.5. The quantitative estimate of drug-likeness (QED) is 0.712. The molecule has 4 nitrogen and oxygen atoms in total. The van der Waals surface area contributed by atoms with Gasteiger partial charge in [0.1, 0.15) is 0 Å². The van der Waals surface area contributed by atoms with Crippen LogP contribution < -0.4 is 4.90 Å². The number of rotatable bonds is 2. The summed E-state index contributed by atoms with van der Waals surface area (Å²) in [5.74, 6) is -0.0437. The van der Waals surface area contributed by atoms with Crippen molar-refractivity contribution >= 4 is 38.6 Å². The van der Waals surface area contributed by atoms with E-state index in [0.717, 1.165) is 21.2 Å². The fourth-order valence-corrected chi connectivity index (χ4v) is 2.50. The molecular formula is C16H14BrN3O. The zero-order chi connectivity index (χ0) is 15.0. The van der Waals surface area contributed by atoms with Crippen LogP contribution in [0.5, 0.6) is 0 Å². The second-order valence-corrected chi connectivity index (χ2v) is 5.82. The molecule has 2 aromatic carbocycles. The predicted molar refractivity (Wildman–Crippen MR) is 87.6 cm³/mol. The number of fused-ring (bicyclic) bond motifs is 1. The van der Waals surface area contributed by atoms with Crippen molar-refractivity contribution in [3.05, 3.63) is 58.8 Å². The van der Waals surface area contributed by atoms with E-state index in [-0.39, 0.29) is 5.91 Å². The first kappa shape index (κ1) is 13.8. The van der Waals surface area contributed by atoms with E-state index in [1.807, 2.05) is 54.1 Å². The van der Waals surface area contributed by atoms with E-state index in [9.17, 15) is 4.79 Å². The highest BCUT2D eigenvalue weighted by Gasteiger charge is 2.14. The highest BCUT2D eigenvalue weighted by atomic mass is 79.9. The van der Waals surface area contributed by atoms with E-state index in [4.69, 9.17) is 0 Å². The number of aryl methyl sites for hydroxylation is 1. The number of hydrogen-bond donors (Lipinski definition) is 0. The molecule has 0 bridgehead atoms. The summed E-state index contributed by atoms with van der Waals surface area (Å²) in [6, 6.07) is 13.2. The monoisotopic (exact) mass is 343 g/mol. The lowest BCUT2D eigenvalue weighted by molar-refractivity contribution is 0.0993. The van der Waals surface area contributed by atoms with Gasteiger partial charge in [0.15, 0.2) is 0 Å². The Kier molecular flexibility index (Phi) is 3.51. The number of benzene rings is 2. The molecule has 0 fully saturated rings. The number of amides is 1. The SMILES string of the molecule is CN(C(=O)c1ccc(Br)cc1)c1ccc2c(c1)ncn2C. The zero-order valence-corrected chi connectivity index (χ0v) is 13.3. The third kappa shape index (κ3) is 2.56. The van der Waals surface area contributed by atoms with Gasteiger partial charge in [-0.1, -0.05) is 15.9 Å². The number of carbonyl (C=O) groups excluding carboxylic acids is 1. The van der Waals surface area contributed by atoms with E-state index in [1.165, 1.54) is 0 Å². The molecule has 1 amide bonds. The molecule has 3 rings (SSSR count). The Morgan fingerprint density at radius 3 is 2.62 bits per heavy atom. The van der Waals surface area contributed by atoms with Crippen LogP contribution in [0.25, 0.3) is 11.0 Å². The highest BCUT2D eigenvalue weighted by molar-refractivity contribution is 9.10. The molecule has 21 heavy (non-hydrogen) atoms. The topological polar surface area (TPSA) is 38.1 Å². The Balaban J connectivity index is 1.93. The molecule has 106 valence electrons. The van der Waals surface area contributed by atoms with Crippen LogP contribution in [-0.2, 0) is 7.05 Å². The molecule has 1 aromatic heterocycles. The maximum Gasteiger partial charge on any atom is 0.258 e. The summed E-state index contributed by atoms with van der Waals surface area (Å²) in [5, 5.41) is 0. The van der Waals surface area contributed by atoms with Crippen LogP contribution in [0.15, 0.2) is 53.3 Å². The lowest BCUT2D eigenvalue weighted by Crippen LogP contribution is -2.26. The first-order valence-corrected chi connectivity index (χ1v) is 7.30. The van der Waals surface area contributed by atoms with Crippen molar-refractivity contribution in [2.24, 2.45) is 7.05 Å². The lowest BCUT2D eigenvalue weighted by atomic mass is 10.2. The third-order valence-corrected chi connectivity index (χ3v) is 4.02. The van der Waals surface area contributed by atoms with Crippen LogP contribution in [0.3, 0.4) is 0 Å². The maximum absolute atomic E-state index is 12.5. The molecule has 0 aliphatic carbocycles. The van der Waals surface area contributed by atoms with Gasteiger partial charge in [-0.15, -0.1) is 0 Å². The number of hydrogen-bond acceptors (Lipinski definition) is 2. The summed E-state index contributed by atoms with van der Waals surface area (Å²) >= 11 is 3.37. The minimum atomic E-state index is -0.0437. The van der Waals surface area contributed by atoms with Crippen molar-refractivity contribution in [2.75, 3.05) is 11.9 Å². The van der Waals surface area contributed by atoms with Gasteiger partial charge in [-0.3, -0.25) is 4.79 Å². The molecule has 0 aliphatic heterocycles. The number of nitrogens with zero attached hydrogens (tertiary/aromatic N) is 3. The molecule has 0 N–H and O–H groups in total. The van der Waals surface area contributed by atoms with Gasteiger partial charge < -0.3 is 9.47 Å². The highest BCUT2D eigenvalue weighted by Crippen LogP contribution is 2.22. The summed E-state index contributed by atoms with van der Waals surface area (Å²) in [6.07, 6.45) is 1.77. The number of carbonyl (C=O) groups is 1. The largest absolute Gasteiger partial charge is 0.334 e. The van der Waals surface area contributed by atoms with Gasteiger partial charge in [0.2, 0.25) is 0 Å². The summed E-state index contributed by atoms with van der Waals surface area (Å²) in [4.78, 5) is 18.4. The molecule has 0 saturated carbocycles. The summed E-state index contributed by atoms with van der Waals surface area (Å²) in [5.41, 5.74) is 3.41. The van der Waals surface area contributed by atoms with Crippen molar-refractivity contribution in [2.45, 2.75) is 0 Å². The fraction of sp³-hybridized carbons (Fsp3) is 0.125. The van der Waals surface area contributed by atoms with Gasteiger partial charge in [-0.25, -0.2) is 4.98 Å². The van der Waals surface area contributed by atoms with E-state index in [2.05, 4.69) is 20.9 Å². The lowest BCUT2D eigenvalue weighted by Gasteiger charge is -2.17. The average molecular weight is 344 g/mol. The second-order valence-electron chi connectivity index (χ2n) is 4.90. The standard InChI is InChI=1S/C16H14BrN3O/c1-19-10-18-14-9-13(7-8-15(14)19)20(2)16(21)11-3-5-12(17)6-4-11/h3-10H,1-2H3. The van der Waals surface area contributed by atoms with Gasteiger partial charge in [0.25, 0.3) is 5.91 Å². The van der Waals surface area contributed by atoms with Gasteiger partial charge in [-0.2, -0.15) is 0 Å². The number of anilines is 1. The average Bonchev–Trinajstić information content (AvgIpc) is 2.87. The predicted octanol–water partition coefficient (Wildman–Crippen LogP) is 3.61. The normalized spacial score (nSPS) is 10.8. The molecule has 0 aliphatic rings. The fourth-order valence-electron chi connectivity index (χ4n) is 2.24. The first-order chi connectivity index (χ1) is 10.1. The Morgan fingerprint density at radius 1 is 1.19 bits per heavy atom. The van der Waals surface area contributed by atoms with Crippen molar-refractivity contribution in [3.63, 3.8) is 0 Å². The number of aromatic nitrogens is 2. The molecular weight excluding hydrogens is 330 g/mol. The van der Waals surface area contributed by atoms with E-state index in [0.29, 0.717) is 5.56 Å². The molecule has 0 spiro atoms. The molecule has 0 radical (unpaired) electrons. The summed E-state index contributed by atoms with van der Waals surface area (Å²) in [7, 11) is 3.72. The van der Waals surface area contributed by atoms with Crippen molar-refractivity contribution in [3.8, 4) is 0 Å². The van der Waals surface area contributed by atoms with Crippen LogP contribution in [0, 0.1) is 0 Å². The molecule has 0 atom stereocenters. The van der Waals surface area contributed by atoms with Crippen LogP contribution in [-0.4, -0.2) is 22.5 Å². The smallest absolute Gasteiger partial charge is 0.258 e. The van der Waals surface area contributed by atoms with Gasteiger partial charge in [0.05, 0.1) is 17.4 Å². The van der Waals surface area contributed by atoms with Crippen LogP contribution >= 0.6 is 15.9 Å². The molecule has 0 unspecified atom stereocenters. The molecule has 0 saturated heterocycles. The van der Waals surface area contributed by atoms with Gasteiger partial charge in [-0.05, 0) is 42.5 Å². The van der Waals surface area contributed by atoms with Crippen LogP contribution in [0.1, 0.15) is 10.4 Å². The molecule has 5 heteroatoms. The van der Waals surface area contributed by atoms with Crippen molar-refractivity contribution in [1.82, 2.24) is 9.55 Å². The zero-order valence-electron chi connectivity index (χ0n) is 11.7. The minimum Gasteiger partial charge on any atom is -0.334 e. The van der Waals surface area contributed by atoms with Crippen molar-refractivity contribution < 1.29 is 4.79 Å². The van der Waals surface area contributed by atoms with Gasteiger partial charge in [0, 0.05) is 29.8 Å². The second kappa shape index (κ2) is 5.33. The Labute approximate surface area is 131 Å². The first-order valence-electron chi connectivity index (χ1n) is 6.51. The van der Waals surface area contributed by atoms with E-state index >= 15 is 0 Å².